The van der Waals surface area contributed by atoms with Crippen molar-refractivity contribution in [3.8, 4) is 0 Å². The summed E-state index contributed by atoms with van der Waals surface area (Å²) >= 11 is 0. The predicted molar refractivity (Wildman–Crippen MR) is 178 cm³/mol. The predicted octanol–water partition coefficient (Wildman–Crippen LogP) is 3.53. The molecule has 3 heterocycles. The Morgan fingerprint density at radius 2 is 1.92 bits per heavy atom. The molecule has 0 aliphatic carbocycles. The lowest BCUT2D eigenvalue weighted by Crippen LogP contribution is -2.49. The van der Waals surface area contributed by atoms with Gasteiger partial charge in [0, 0.05) is 50.2 Å². The van der Waals surface area contributed by atoms with Gasteiger partial charge in [-0.1, -0.05) is 26.0 Å². The first-order valence-corrected chi connectivity index (χ1v) is 16.5. The van der Waals surface area contributed by atoms with E-state index in [1.165, 1.54) is 12.1 Å². The van der Waals surface area contributed by atoms with Crippen LogP contribution in [0.3, 0.4) is 0 Å². The molecule has 4 rings (SSSR count). The number of hydrogen-bond donors (Lipinski definition) is 3. The van der Waals surface area contributed by atoms with E-state index >= 15 is 0 Å². The van der Waals surface area contributed by atoms with Gasteiger partial charge in [-0.2, -0.15) is 5.10 Å². The number of esters is 1. The Morgan fingerprint density at radius 3 is 2.60 bits per heavy atom. The first kappa shape index (κ1) is 36.6. The van der Waals surface area contributed by atoms with Crippen molar-refractivity contribution in [2.75, 3.05) is 37.7 Å². The van der Waals surface area contributed by atoms with Crippen molar-refractivity contribution in [3.05, 3.63) is 65.8 Å². The highest BCUT2D eigenvalue weighted by Crippen LogP contribution is 2.27. The number of hydrogen-bond acceptors (Lipinski definition) is 9. The Labute approximate surface area is 281 Å². The molecule has 12 nitrogen and oxygen atoms in total. The zero-order valence-corrected chi connectivity index (χ0v) is 28.1. The van der Waals surface area contributed by atoms with Crippen molar-refractivity contribution in [3.63, 3.8) is 0 Å². The summed E-state index contributed by atoms with van der Waals surface area (Å²) < 4.78 is 28.1. The maximum atomic E-state index is 14.9. The van der Waals surface area contributed by atoms with Gasteiger partial charge in [-0.3, -0.25) is 14.3 Å². The third-order valence-electron chi connectivity index (χ3n) is 8.74. The molecule has 1 fully saturated rings. The summed E-state index contributed by atoms with van der Waals surface area (Å²) in [5.74, 6) is -1.51. The van der Waals surface area contributed by atoms with Gasteiger partial charge >= 0.3 is 12.1 Å². The number of carbonyl (C=O) groups excluding carboxylic acids is 3. The molecule has 0 saturated carbocycles. The number of nitrogens with zero attached hydrogens (tertiary/aromatic N) is 4. The minimum absolute atomic E-state index is 0.0222. The first-order chi connectivity index (χ1) is 22.9. The van der Waals surface area contributed by atoms with E-state index in [4.69, 9.17) is 9.47 Å². The van der Waals surface area contributed by atoms with Gasteiger partial charge in [-0.15, -0.1) is 0 Å². The molecule has 3 N–H and O–H groups in total. The SMILES string of the molecule is C/C(=C\c1cc(F)cc(N2CCN(C(=O)Cn3cccn3)CC2)c1)[C@H]1OC(=O)C[C@H](O)CC[C@H](C)[C@@H](OC(=O)N[C@H](C)CO)/C=C\[C@@H]1C. The molecule has 48 heavy (non-hydrogen) atoms. The van der Waals surface area contributed by atoms with E-state index in [9.17, 15) is 29.0 Å². The molecule has 1 aromatic heterocycles. The number of rotatable bonds is 8. The lowest BCUT2D eigenvalue weighted by atomic mass is 9.91. The fourth-order valence-corrected chi connectivity index (χ4v) is 5.91. The Morgan fingerprint density at radius 1 is 1.17 bits per heavy atom. The quantitative estimate of drug-likeness (QED) is 0.284. The third-order valence-corrected chi connectivity index (χ3v) is 8.74. The van der Waals surface area contributed by atoms with Crippen LogP contribution in [0.2, 0.25) is 0 Å². The Kier molecular flexibility index (Phi) is 13.2. The van der Waals surface area contributed by atoms with Gasteiger partial charge in [-0.25, -0.2) is 9.18 Å². The number of amides is 2. The van der Waals surface area contributed by atoms with E-state index in [2.05, 4.69) is 10.4 Å². The number of cyclic esters (lactones) is 1. The summed E-state index contributed by atoms with van der Waals surface area (Å²) in [6, 6.07) is 6.04. The summed E-state index contributed by atoms with van der Waals surface area (Å²) in [5.41, 5.74) is 1.93. The summed E-state index contributed by atoms with van der Waals surface area (Å²) in [4.78, 5) is 41.9. The lowest BCUT2D eigenvalue weighted by molar-refractivity contribution is -0.151. The van der Waals surface area contributed by atoms with E-state index in [0.29, 0.717) is 55.8 Å². The molecule has 0 bridgehead atoms. The topological polar surface area (TPSA) is 146 Å². The number of piperazine rings is 1. The average molecular weight is 670 g/mol. The summed E-state index contributed by atoms with van der Waals surface area (Å²) in [5, 5.41) is 26.5. The van der Waals surface area contributed by atoms with Crippen molar-refractivity contribution in [2.45, 2.75) is 77.9 Å². The molecule has 2 aromatic rings. The second-order valence-corrected chi connectivity index (χ2v) is 12.9. The number of halogens is 1. The molecule has 2 aliphatic rings. The van der Waals surface area contributed by atoms with Gasteiger partial charge < -0.3 is 34.8 Å². The highest BCUT2D eigenvalue weighted by atomic mass is 19.1. The van der Waals surface area contributed by atoms with E-state index in [1.807, 2.05) is 30.9 Å². The van der Waals surface area contributed by atoms with Crippen LogP contribution in [0, 0.1) is 17.7 Å². The lowest BCUT2D eigenvalue weighted by Gasteiger charge is -2.36. The molecule has 2 amide bonds. The van der Waals surface area contributed by atoms with Gasteiger partial charge in [0.1, 0.15) is 24.6 Å². The van der Waals surface area contributed by atoms with Crippen LogP contribution in [0.4, 0.5) is 14.9 Å². The minimum Gasteiger partial charge on any atom is -0.457 e. The van der Waals surface area contributed by atoms with Crippen molar-refractivity contribution >= 4 is 29.7 Å². The third kappa shape index (κ3) is 10.6. The highest BCUT2D eigenvalue weighted by molar-refractivity contribution is 5.76. The molecular formula is C35H48FN5O7. The first-order valence-electron chi connectivity index (χ1n) is 16.5. The smallest absolute Gasteiger partial charge is 0.408 e. The van der Waals surface area contributed by atoms with E-state index < -0.39 is 42.2 Å². The van der Waals surface area contributed by atoms with Crippen LogP contribution >= 0.6 is 0 Å². The van der Waals surface area contributed by atoms with Crippen molar-refractivity contribution in [1.82, 2.24) is 20.0 Å². The molecular weight excluding hydrogens is 621 g/mol. The Hall–Kier alpha value is -4.23. The molecule has 1 aromatic carbocycles. The maximum Gasteiger partial charge on any atom is 0.408 e. The highest BCUT2D eigenvalue weighted by Gasteiger charge is 2.28. The molecule has 6 atom stereocenters. The normalized spacial score (nSPS) is 25.7. The molecule has 0 spiro atoms. The number of benzene rings is 1. The summed E-state index contributed by atoms with van der Waals surface area (Å²) in [6.45, 7) is 9.26. The van der Waals surface area contributed by atoms with E-state index in [0.717, 1.165) is 0 Å². The number of carbonyl (C=O) groups is 3. The zero-order chi connectivity index (χ0) is 34.8. The largest absolute Gasteiger partial charge is 0.457 e. The second kappa shape index (κ2) is 17.3. The monoisotopic (exact) mass is 669 g/mol. The van der Waals surface area contributed by atoms with E-state index in [-0.39, 0.29) is 37.3 Å². The maximum absolute atomic E-state index is 14.9. The number of aromatic nitrogens is 2. The number of nitrogens with one attached hydrogen (secondary N) is 1. The van der Waals surface area contributed by atoms with Crippen molar-refractivity contribution in [1.29, 1.82) is 0 Å². The molecule has 0 unspecified atom stereocenters. The molecule has 262 valence electrons. The fraction of sp³-hybridized carbons (Fsp3) is 0.543. The summed E-state index contributed by atoms with van der Waals surface area (Å²) in [7, 11) is 0. The standard InChI is InChI=1S/C35H48FN5O7/c1-23-6-8-30(43)20-33(45)48-34(24(2)7-9-31(23)47-35(46)38-26(4)22-42)25(3)16-27-17-28(36)19-29(18-27)39-12-14-40(15-13-39)32(44)21-41-11-5-10-37-41/h5,7,9-11,16-19,23-24,26,30-31,34,42-43H,6,8,12-15,20-22H2,1-4H3,(H,38,46)/b9-7-,25-16+/t23-,24-,26+,30+,31-,34-/m0/s1. The fourth-order valence-electron chi connectivity index (χ4n) is 5.91. The van der Waals surface area contributed by atoms with Crippen LogP contribution in [0.25, 0.3) is 6.08 Å². The summed E-state index contributed by atoms with van der Waals surface area (Å²) in [6.07, 6.45) is 6.42. The second-order valence-electron chi connectivity index (χ2n) is 12.9. The van der Waals surface area contributed by atoms with Crippen molar-refractivity contribution in [2.24, 2.45) is 11.8 Å². The van der Waals surface area contributed by atoms with Crippen LogP contribution in [0.1, 0.15) is 52.5 Å². The Balaban J connectivity index is 1.50. The number of anilines is 1. The average Bonchev–Trinajstić information content (AvgIpc) is 3.56. The van der Waals surface area contributed by atoms with Crippen LogP contribution in [-0.4, -0.2) is 100 Å². The number of ether oxygens (including phenoxy) is 2. The van der Waals surface area contributed by atoms with Gasteiger partial charge in [0.05, 0.1) is 25.2 Å². The molecule has 2 aliphatic heterocycles. The molecule has 1 saturated heterocycles. The zero-order valence-electron chi connectivity index (χ0n) is 28.1. The molecule has 0 radical (unpaired) electrons. The number of alkyl carbamates (subject to hydrolysis) is 1. The Bertz CT molecular complexity index is 1440. The van der Waals surface area contributed by atoms with Gasteiger partial charge in [0.25, 0.3) is 0 Å². The van der Waals surface area contributed by atoms with Crippen LogP contribution in [0.5, 0.6) is 0 Å². The number of aliphatic hydroxyl groups is 2. The van der Waals surface area contributed by atoms with Crippen LogP contribution in [-0.2, 0) is 25.6 Å². The van der Waals surface area contributed by atoms with E-state index in [1.54, 1.807) is 54.0 Å². The molecule has 13 heteroatoms. The van der Waals surface area contributed by atoms with Gasteiger partial charge in [-0.05, 0) is 74.1 Å². The number of aliphatic hydroxyl groups excluding tert-OH is 2. The van der Waals surface area contributed by atoms with Crippen molar-refractivity contribution < 1.29 is 38.5 Å². The minimum atomic E-state index is -0.931. The van der Waals surface area contributed by atoms with Gasteiger partial charge in [0.15, 0.2) is 0 Å². The van der Waals surface area contributed by atoms with Crippen LogP contribution in [0.15, 0.2) is 54.4 Å². The van der Waals surface area contributed by atoms with Crippen LogP contribution < -0.4 is 10.2 Å². The van der Waals surface area contributed by atoms with Gasteiger partial charge in [0.2, 0.25) is 5.91 Å².